The van der Waals surface area contributed by atoms with E-state index in [2.05, 4.69) is 50.9 Å². The number of hydrogen-bond acceptors (Lipinski definition) is 2. The number of benzene rings is 2. The van der Waals surface area contributed by atoms with Gasteiger partial charge in [-0.1, -0.05) is 55.6 Å². The Balaban J connectivity index is 2.47. The SMILES string of the molecule is COc1cc(Cl)c(C(Br)c2ccc(Br)c(C)c2)cc1OC. The quantitative estimate of drug-likeness (QED) is 0.557. The van der Waals surface area contributed by atoms with Crippen molar-refractivity contribution in [1.82, 2.24) is 0 Å². The van der Waals surface area contributed by atoms with E-state index in [9.17, 15) is 0 Å². The summed E-state index contributed by atoms with van der Waals surface area (Å²) in [5.74, 6) is 1.29. The van der Waals surface area contributed by atoms with Crippen LogP contribution in [0.2, 0.25) is 5.02 Å². The zero-order chi connectivity index (χ0) is 15.6. The van der Waals surface area contributed by atoms with Crippen molar-refractivity contribution in [2.45, 2.75) is 11.8 Å². The van der Waals surface area contributed by atoms with Crippen molar-refractivity contribution in [1.29, 1.82) is 0 Å². The van der Waals surface area contributed by atoms with Crippen LogP contribution in [0.1, 0.15) is 21.5 Å². The molecule has 0 aromatic heterocycles. The van der Waals surface area contributed by atoms with Gasteiger partial charge in [-0.05, 0) is 35.7 Å². The van der Waals surface area contributed by atoms with Crippen LogP contribution in [0.5, 0.6) is 11.5 Å². The largest absolute Gasteiger partial charge is 0.493 e. The molecule has 2 nitrogen and oxygen atoms in total. The van der Waals surface area contributed by atoms with Gasteiger partial charge in [0.25, 0.3) is 0 Å². The third-order valence-corrected chi connectivity index (χ3v) is 5.49. The van der Waals surface area contributed by atoms with E-state index in [1.165, 1.54) is 5.56 Å². The van der Waals surface area contributed by atoms with Crippen molar-refractivity contribution in [2.24, 2.45) is 0 Å². The van der Waals surface area contributed by atoms with Crippen molar-refractivity contribution in [2.75, 3.05) is 14.2 Å². The summed E-state index contributed by atoms with van der Waals surface area (Å²) in [5.41, 5.74) is 3.24. The number of halogens is 3. The van der Waals surface area contributed by atoms with Crippen LogP contribution in [-0.4, -0.2) is 14.2 Å². The molecule has 0 aliphatic heterocycles. The first-order valence-corrected chi connectivity index (χ1v) is 8.38. The second-order valence-electron chi connectivity index (χ2n) is 4.60. The topological polar surface area (TPSA) is 18.5 Å². The van der Waals surface area contributed by atoms with E-state index in [1.807, 2.05) is 12.1 Å². The van der Waals surface area contributed by atoms with E-state index in [-0.39, 0.29) is 4.83 Å². The van der Waals surface area contributed by atoms with E-state index in [4.69, 9.17) is 21.1 Å². The molecule has 0 fully saturated rings. The van der Waals surface area contributed by atoms with Crippen molar-refractivity contribution < 1.29 is 9.47 Å². The minimum Gasteiger partial charge on any atom is -0.493 e. The highest BCUT2D eigenvalue weighted by Crippen LogP contribution is 2.41. The Hall–Kier alpha value is -0.710. The van der Waals surface area contributed by atoms with Crippen molar-refractivity contribution >= 4 is 43.5 Å². The normalized spacial score (nSPS) is 12.1. The summed E-state index contributed by atoms with van der Waals surface area (Å²) < 4.78 is 11.7. The number of rotatable bonds is 4. The van der Waals surface area contributed by atoms with E-state index < -0.39 is 0 Å². The lowest BCUT2D eigenvalue weighted by Gasteiger charge is -2.17. The summed E-state index contributed by atoms with van der Waals surface area (Å²) in [6, 6.07) is 9.89. The number of ether oxygens (including phenoxy) is 2. The molecule has 2 rings (SSSR count). The van der Waals surface area contributed by atoms with Gasteiger partial charge in [0.15, 0.2) is 11.5 Å². The molecule has 0 saturated carbocycles. The lowest BCUT2D eigenvalue weighted by molar-refractivity contribution is 0.354. The van der Waals surface area contributed by atoms with Crippen molar-refractivity contribution in [3.63, 3.8) is 0 Å². The van der Waals surface area contributed by atoms with Crippen LogP contribution in [0.25, 0.3) is 0 Å². The molecule has 0 aliphatic rings. The fourth-order valence-corrected chi connectivity index (χ4v) is 3.37. The molecule has 0 aliphatic carbocycles. The fraction of sp³-hybridized carbons (Fsp3) is 0.250. The summed E-state index contributed by atoms with van der Waals surface area (Å²) in [5, 5.41) is 0.634. The van der Waals surface area contributed by atoms with Gasteiger partial charge in [-0.2, -0.15) is 0 Å². The molecule has 2 aromatic rings. The second kappa shape index (κ2) is 7.03. The predicted octanol–water partition coefficient (Wildman–Crippen LogP) is 5.91. The monoisotopic (exact) mass is 432 g/mol. The Morgan fingerprint density at radius 1 is 1.05 bits per heavy atom. The zero-order valence-electron chi connectivity index (χ0n) is 11.9. The standard InChI is InChI=1S/C16H15Br2ClO2/c1-9-6-10(4-5-12(9)17)16(18)11-7-14(20-2)15(21-3)8-13(11)19/h4-8,16H,1-3H3. The Kier molecular flexibility index (Phi) is 5.58. The zero-order valence-corrected chi connectivity index (χ0v) is 15.8. The number of hydrogen-bond donors (Lipinski definition) is 0. The molecular formula is C16H15Br2ClO2. The molecule has 0 amide bonds. The van der Waals surface area contributed by atoms with Crippen LogP contribution in [0, 0.1) is 6.92 Å². The van der Waals surface area contributed by atoms with Gasteiger partial charge in [-0.25, -0.2) is 0 Å². The van der Waals surface area contributed by atoms with Gasteiger partial charge in [0.05, 0.1) is 19.0 Å². The third-order valence-electron chi connectivity index (χ3n) is 3.25. The fourth-order valence-electron chi connectivity index (χ4n) is 2.07. The van der Waals surface area contributed by atoms with E-state index in [0.717, 1.165) is 15.6 Å². The van der Waals surface area contributed by atoms with Crippen LogP contribution in [0.4, 0.5) is 0 Å². The minimum atomic E-state index is -0.0170. The van der Waals surface area contributed by atoms with Gasteiger partial charge >= 0.3 is 0 Å². The molecule has 0 spiro atoms. The third kappa shape index (κ3) is 3.55. The van der Waals surface area contributed by atoms with Gasteiger partial charge in [0.2, 0.25) is 0 Å². The minimum absolute atomic E-state index is 0.0170. The molecule has 0 bridgehead atoms. The molecule has 2 aromatic carbocycles. The predicted molar refractivity (Wildman–Crippen MR) is 94.2 cm³/mol. The maximum Gasteiger partial charge on any atom is 0.162 e. The molecule has 0 radical (unpaired) electrons. The Morgan fingerprint density at radius 3 is 2.24 bits per heavy atom. The number of aryl methyl sites for hydroxylation is 1. The van der Waals surface area contributed by atoms with Crippen LogP contribution in [0.3, 0.4) is 0 Å². The van der Waals surface area contributed by atoms with Crippen LogP contribution < -0.4 is 9.47 Å². The summed E-state index contributed by atoms with van der Waals surface area (Å²) in [4.78, 5) is -0.0170. The molecule has 5 heteroatoms. The number of methoxy groups -OCH3 is 2. The van der Waals surface area contributed by atoms with Crippen LogP contribution in [0.15, 0.2) is 34.8 Å². The molecule has 21 heavy (non-hydrogen) atoms. The summed E-state index contributed by atoms with van der Waals surface area (Å²) in [6.07, 6.45) is 0. The Morgan fingerprint density at radius 2 is 1.67 bits per heavy atom. The van der Waals surface area contributed by atoms with Gasteiger partial charge in [-0.3, -0.25) is 0 Å². The van der Waals surface area contributed by atoms with E-state index in [1.54, 1.807) is 20.3 Å². The molecule has 0 saturated heterocycles. The lowest BCUT2D eigenvalue weighted by Crippen LogP contribution is -1.98. The smallest absolute Gasteiger partial charge is 0.162 e. The number of alkyl halides is 1. The van der Waals surface area contributed by atoms with Gasteiger partial charge < -0.3 is 9.47 Å². The molecule has 1 unspecified atom stereocenters. The maximum atomic E-state index is 6.38. The molecule has 112 valence electrons. The maximum absolute atomic E-state index is 6.38. The van der Waals surface area contributed by atoms with Gasteiger partial charge in [-0.15, -0.1) is 0 Å². The first-order valence-electron chi connectivity index (χ1n) is 6.29. The van der Waals surface area contributed by atoms with Gasteiger partial charge in [0, 0.05) is 15.6 Å². The lowest BCUT2D eigenvalue weighted by atomic mass is 10.0. The highest BCUT2D eigenvalue weighted by Gasteiger charge is 2.18. The molecule has 0 heterocycles. The molecule has 1 atom stereocenters. The average molecular weight is 435 g/mol. The first-order chi connectivity index (χ1) is 9.97. The van der Waals surface area contributed by atoms with Crippen LogP contribution >= 0.6 is 43.5 Å². The molecular weight excluding hydrogens is 419 g/mol. The summed E-state index contributed by atoms with van der Waals surface area (Å²) >= 11 is 13.6. The highest BCUT2D eigenvalue weighted by atomic mass is 79.9. The van der Waals surface area contributed by atoms with E-state index >= 15 is 0 Å². The summed E-state index contributed by atoms with van der Waals surface area (Å²) in [6.45, 7) is 2.06. The van der Waals surface area contributed by atoms with Gasteiger partial charge in [0.1, 0.15) is 0 Å². The van der Waals surface area contributed by atoms with Crippen molar-refractivity contribution in [3.05, 3.63) is 56.5 Å². The Bertz CT molecular complexity index is 659. The van der Waals surface area contributed by atoms with Crippen LogP contribution in [-0.2, 0) is 0 Å². The molecule has 0 N–H and O–H groups in total. The highest BCUT2D eigenvalue weighted by molar-refractivity contribution is 9.10. The van der Waals surface area contributed by atoms with E-state index in [0.29, 0.717) is 16.5 Å². The average Bonchev–Trinajstić information content (AvgIpc) is 2.49. The Labute approximate surface area is 146 Å². The second-order valence-corrected chi connectivity index (χ2v) is 6.78. The first kappa shape index (κ1) is 16.7. The van der Waals surface area contributed by atoms with Crippen molar-refractivity contribution in [3.8, 4) is 11.5 Å². The summed E-state index contributed by atoms with van der Waals surface area (Å²) in [7, 11) is 3.21.